The van der Waals surface area contributed by atoms with Crippen LogP contribution in [0, 0.1) is 11.8 Å². The molecule has 1 heterocycles. The minimum atomic E-state index is 0.00347. The van der Waals surface area contributed by atoms with Gasteiger partial charge in [0.1, 0.15) is 0 Å². The first-order valence-electron chi connectivity index (χ1n) is 12.3. The number of nitrogens with zero attached hydrogens (tertiary/aromatic N) is 2. The van der Waals surface area contributed by atoms with E-state index in [4.69, 9.17) is 0 Å². The Bertz CT molecular complexity index is 880. The Morgan fingerprint density at radius 1 is 1.03 bits per heavy atom. The number of para-hydroxylation sites is 1. The van der Waals surface area contributed by atoms with Gasteiger partial charge >= 0.3 is 0 Å². The number of aromatic amines is 1. The van der Waals surface area contributed by atoms with Crippen LogP contribution in [0.2, 0.25) is 0 Å². The van der Waals surface area contributed by atoms with E-state index >= 15 is 0 Å². The van der Waals surface area contributed by atoms with Gasteiger partial charge in [-0.25, -0.2) is 0 Å². The van der Waals surface area contributed by atoms with E-state index in [2.05, 4.69) is 15.5 Å². The van der Waals surface area contributed by atoms with Gasteiger partial charge in [0.05, 0.1) is 17.5 Å². The molecule has 6 heteroatoms. The summed E-state index contributed by atoms with van der Waals surface area (Å²) < 4.78 is 0. The van der Waals surface area contributed by atoms with Crippen molar-refractivity contribution in [3.8, 4) is 0 Å². The highest BCUT2D eigenvalue weighted by atomic mass is 16.2. The first kappa shape index (κ1) is 22.6. The molecule has 2 saturated carbocycles. The normalized spacial score (nSPS) is 21.4. The molecule has 6 nitrogen and oxygen atoms in total. The fourth-order valence-electron chi connectivity index (χ4n) is 5.44. The molecule has 32 heavy (non-hydrogen) atoms. The first-order chi connectivity index (χ1) is 15.7. The molecular weight excluding hydrogens is 400 g/mol. The Balaban J connectivity index is 1.30. The molecule has 0 spiro atoms. The summed E-state index contributed by atoms with van der Waals surface area (Å²) in [4.78, 5) is 27.4. The summed E-state index contributed by atoms with van der Waals surface area (Å²) in [5.74, 6) is 1.67. The van der Waals surface area contributed by atoms with Crippen molar-refractivity contribution in [2.24, 2.45) is 11.8 Å². The van der Waals surface area contributed by atoms with Crippen molar-refractivity contribution >= 4 is 17.5 Å². The van der Waals surface area contributed by atoms with Gasteiger partial charge in [0.25, 0.3) is 5.91 Å². The maximum Gasteiger partial charge on any atom is 0.261 e. The molecule has 2 N–H and O–H groups in total. The Morgan fingerprint density at radius 3 is 2.44 bits per heavy atom. The number of hydrogen-bond acceptors (Lipinski definition) is 3. The zero-order chi connectivity index (χ0) is 22.3. The lowest BCUT2D eigenvalue weighted by Crippen LogP contribution is -2.33. The van der Waals surface area contributed by atoms with Gasteiger partial charge in [-0.05, 0) is 69.4 Å². The molecule has 1 aromatic heterocycles. The molecule has 0 radical (unpaired) electrons. The lowest BCUT2D eigenvalue weighted by molar-refractivity contribution is -0.122. The van der Waals surface area contributed by atoms with E-state index in [9.17, 15) is 9.59 Å². The molecule has 0 atom stereocenters. The Labute approximate surface area is 191 Å². The van der Waals surface area contributed by atoms with Crippen molar-refractivity contribution in [2.75, 3.05) is 18.0 Å². The summed E-state index contributed by atoms with van der Waals surface area (Å²) in [7, 11) is 0. The largest absolute Gasteiger partial charge is 0.356 e. The summed E-state index contributed by atoms with van der Waals surface area (Å²) >= 11 is 0. The van der Waals surface area contributed by atoms with E-state index in [0.29, 0.717) is 36.3 Å². The van der Waals surface area contributed by atoms with Crippen LogP contribution in [0.4, 0.5) is 5.69 Å². The second-order valence-corrected chi connectivity index (χ2v) is 9.46. The van der Waals surface area contributed by atoms with Crippen LogP contribution in [0.3, 0.4) is 0 Å². The number of rotatable bonds is 8. The summed E-state index contributed by atoms with van der Waals surface area (Å²) in [6, 6.07) is 9.80. The Morgan fingerprint density at radius 2 is 1.75 bits per heavy atom. The number of aromatic nitrogens is 2. The monoisotopic (exact) mass is 436 g/mol. The van der Waals surface area contributed by atoms with Gasteiger partial charge in [-0.3, -0.25) is 14.7 Å². The van der Waals surface area contributed by atoms with E-state index in [1.165, 1.54) is 25.7 Å². The van der Waals surface area contributed by atoms with Crippen LogP contribution in [0.5, 0.6) is 0 Å². The van der Waals surface area contributed by atoms with Gasteiger partial charge in [-0.15, -0.1) is 0 Å². The lowest BCUT2D eigenvalue weighted by Gasteiger charge is -2.29. The van der Waals surface area contributed by atoms with E-state index in [1.54, 1.807) is 11.1 Å². The third-order valence-electron chi connectivity index (χ3n) is 7.32. The number of carbonyl (C=O) groups is 2. The summed E-state index contributed by atoms with van der Waals surface area (Å²) in [5.41, 5.74) is 2.56. The SMILES string of the molecule is CCN(C(=O)c1cn[nH]c1C1CCC(CNC(=O)CC2CCCC2)CC1)c1ccccc1. The third-order valence-corrected chi connectivity index (χ3v) is 7.32. The number of amides is 2. The van der Waals surface area contributed by atoms with Crippen LogP contribution in [-0.4, -0.2) is 35.1 Å². The fraction of sp³-hybridized carbons (Fsp3) is 0.577. The predicted octanol–water partition coefficient (Wildman–Crippen LogP) is 5.05. The third kappa shape index (κ3) is 5.40. The van der Waals surface area contributed by atoms with Gasteiger partial charge in [-0.2, -0.15) is 5.10 Å². The van der Waals surface area contributed by atoms with Crippen LogP contribution in [-0.2, 0) is 4.79 Å². The summed E-state index contributed by atoms with van der Waals surface area (Å²) in [6.07, 6.45) is 11.5. The van der Waals surface area contributed by atoms with Gasteiger partial charge in [0, 0.05) is 31.1 Å². The molecule has 1 aromatic carbocycles. The number of benzene rings is 1. The second kappa shape index (κ2) is 10.8. The van der Waals surface area contributed by atoms with Gasteiger partial charge in [-0.1, -0.05) is 31.0 Å². The molecule has 2 aliphatic rings. The summed E-state index contributed by atoms with van der Waals surface area (Å²) in [6.45, 7) is 3.39. The minimum absolute atomic E-state index is 0.00347. The predicted molar refractivity (Wildman–Crippen MR) is 127 cm³/mol. The van der Waals surface area contributed by atoms with Crippen molar-refractivity contribution in [3.05, 3.63) is 47.8 Å². The molecule has 2 aliphatic carbocycles. The molecule has 2 amide bonds. The average molecular weight is 437 g/mol. The summed E-state index contributed by atoms with van der Waals surface area (Å²) in [5, 5.41) is 10.5. The van der Waals surface area contributed by atoms with E-state index in [1.807, 2.05) is 37.3 Å². The molecule has 0 saturated heterocycles. The second-order valence-electron chi connectivity index (χ2n) is 9.46. The number of hydrogen-bond donors (Lipinski definition) is 2. The number of nitrogens with one attached hydrogen (secondary N) is 2. The molecule has 2 fully saturated rings. The van der Waals surface area contributed by atoms with Crippen molar-refractivity contribution in [2.45, 2.75) is 70.6 Å². The first-order valence-corrected chi connectivity index (χ1v) is 12.3. The molecule has 4 rings (SSSR count). The number of H-pyrrole nitrogens is 1. The smallest absolute Gasteiger partial charge is 0.261 e. The standard InChI is InChI=1S/C26H36N4O2/c1-2-30(22-10-4-3-5-11-22)26(32)23-18-28-29-25(23)21-14-12-20(13-15-21)17-27-24(31)16-19-8-6-7-9-19/h3-5,10-11,18-21H,2,6-9,12-17H2,1H3,(H,27,31)(H,28,29). The lowest BCUT2D eigenvalue weighted by atomic mass is 9.79. The quantitative estimate of drug-likeness (QED) is 0.608. The highest BCUT2D eigenvalue weighted by Gasteiger charge is 2.29. The molecular formula is C26H36N4O2. The van der Waals surface area contributed by atoms with Crippen molar-refractivity contribution in [3.63, 3.8) is 0 Å². The van der Waals surface area contributed by atoms with Crippen LogP contribution >= 0.6 is 0 Å². The highest BCUT2D eigenvalue weighted by Crippen LogP contribution is 2.36. The topological polar surface area (TPSA) is 78.1 Å². The number of carbonyl (C=O) groups excluding carboxylic acids is 2. The number of anilines is 1. The highest BCUT2D eigenvalue weighted by molar-refractivity contribution is 6.06. The Hall–Kier alpha value is -2.63. The van der Waals surface area contributed by atoms with Crippen molar-refractivity contribution in [1.29, 1.82) is 0 Å². The van der Waals surface area contributed by atoms with E-state index in [0.717, 1.165) is 43.6 Å². The van der Waals surface area contributed by atoms with E-state index in [-0.39, 0.29) is 11.8 Å². The van der Waals surface area contributed by atoms with Crippen LogP contribution in [0.15, 0.2) is 36.5 Å². The average Bonchev–Trinajstić information content (AvgIpc) is 3.51. The molecule has 0 bridgehead atoms. The van der Waals surface area contributed by atoms with Gasteiger partial charge in [0.15, 0.2) is 0 Å². The van der Waals surface area contributed by atoms with Crippen LogP contribution < -0.4 is 10.2 Å². The maximum absolute atomic E-state index is 13.3. The molecule has 0 aliphatic heterocycles. The van der Waals surface area contributed by atoms with E-state index < -0.39 is 0 Å². The molecule has 2 aromatic rings. The molecule has 172 valence electrons. The van der Waals surface area contributed by atoms with Crippen molar-refractivity contribution < 1.29 is 9.59 Å². The van der Waals surface area contributed by atoms with Crippen LogP contribution in [0.1, 0.15) is 86.7 Å². The zero-order valence-corrected chi connectivity index (χ0v) is 19.2. The Kier molecular flexibility index (Phi) is 7.61. The van der Waals surface area contributed by atoms with Crippen molar-refractivity contribution in [1.82, 2.24) is 15.5 Å². The molecule has 0 unspecified atom stereocenters. The van der Waals surface area contributed by atoms with Crippen LogP contribution in [0.25, 0.3) is 0 Å². The van der Waals surface area contributed by atoms with Gasteiger partial charge in [0.2, 0.25) is 5.91 Å². The van der Waals surface area contributed by atoms with Gasteiger partial charge < -0.3 is 10.2 Å². The fourth-order valence-corrected chi connectivity index (χ4v) is 5.44. The minimum Gasteiger partial charge on any atom is -0.356 e. The maximum atomic E-state index is 13.3. The zero-order valence-electron chi connectivity index (χ0n) is 19.2.